The summed E-state index contributed by atoms with van der Waals surface area (Å²) >= 11 is 0. The van der Waals surface area contributed by atoms with Crippen LogP contribution in [0.15, 0.2) is 12.1 Å². The summed E-state index contributed by atoms with van der Waals surface area (Å²) in [6.45, 7) is 6.32. The van der Waals surface area contributed by atoms with Crippen LogP contribution < -0.4 is 5.32 Å². The van der Waals surface area contributed by atoms with Crippen LogP contribution in [0.2, 0.25) is 0 Å². The van der Waals surface area contributed by atoms with E-state index in [2.05, 4.69) is 29.4 Å². The highest BCUT2D eigenvalue weighted by Crippen LogP contribution is 2.27. The van der Waals surface area contributed by atoms with Gasteiger partial charge in [0, 0.05) is 6.04 Å². The molecule has 1 heterocycles. The summed E-state index contributed by atoms with van der Waals surface area (Å²) in [7, 11) is 0. The van der Waals surface area contributed by atoms with E-state index in [1.807, 2.05) is 6.92 Å². The van der Waals surface area contributed by atoms with Gasteiger partial charge in [0.25, 0.3) is 0 Å². The molecule has 0 aliphatic carbocycles. The average molecular weight is 275 g/mol. The predicted octanol–water partition coefficient (Wildman–Crippen LogP) is 4.12. The molecule has 1 atom stereocenters. The van der Waals surface area contributed by atoms with Crippen molar-refractivity contribution >= 4 is 5.82 Å². The monoisotopic (exact) mass is 275 g/mol. The van der Waals surface area contributed by atoms with Gasteiger partial charge in [-0.05, 0) is 31.4 Å². The number of aromatic nitrogens is 2. The Balaban J connectivity index is 2.44. The van der Waals surface area contributed by atoms with Crippen molar-refractivity contribution in [2.45, 2.75) is 52.3 Å². The maximum Gasteiger partial charge on any atom is 0.435 e. The van der Waals surface area contributed by atoms with Gasteiger partial charge in [0.1, 0.15) is 5.82 Å². The first kappa shape index (κ1) is 15.7. The van der Waals surface area contributed by atoms with E-state index in [0.29, 0.717) is 11.7 Å². The smallest absolute Gasteiger partial charge is 0.366 e. The number of alkyl halides is 3. The SMILES string of the molecule is CC(C)CCCC(C)Nc1ccc(C(F)(F)F)nn1. The highest BCUT2D eigenvalue weighted by atomic mass is 19.4. The lowest BCUT2D eigenvalue weighted by Gasteiger charge is -2.15. The molecule has 0 radical (unpaired) electrons. The van der Waals surface area contributed by atoms with Gasteiger partial charge in [-0.1, -0.05) is 26.7 Å². The van der Waals surface area contributed by atoms with Crippen LogP contribution in [0.4, 0.5) is 19.0 Å². The van der Waals surface area contributed by atoms with Crippen molar-refractivity contribution in [1.29, 1.82) is 0 Å². The molecule has 0 fully saturated rings. The van der Waals surface area contributed by atoms with E-state index in [0.717, 1.165) is 25.3 Å². The zero-order valence-electron chi connectivity index (χ0n) is 11.5. The molecule has 0 bridgehead atoms. The van der Waals surface area contributed by atoms with E-state index >= 15 is 0 Å². The molecule has 0 aliphatic heterocycles. The minimum absolute atomic E-state index is 0.171. The number of anilines is 1. The Kier molecular flexibility index (Phi) is 5.57. The number of nitrogens with zero attached hydrogens (tertiary/aromatic N) is 2. The molecule has 1 N–H and O–H groups in total. The van der Waals surface area contributed by atoms with Gasteiger partial charge in [0.05, 0.1) is 0 Å². The number of halogens is 3. The predicted molar refractivity (Wildman–Crippen MR) is 68.8 cm³/mol. The van der Waals surface area contributed by atoms with Crippen LogP contribution in [-0.2, 0) is 6.18 Å². The van der Waals surface area contributed by atoms with Gasteiger partial charge in [0.15, 0.2) is 5.69 Å². The van der Waals surface area contributed by atoms with Gasteiger partial charge >= 0.3 is 6.18 Å². The number of hydrogen-bond acceptors (Lipinski definition) is 3. The zero-order chi connectivity index (χ0) is 14.5. The van der Waals surface area contributed by atoms with Crippen LogP contribution >= 0.6 is 0 Å². The third-order valence-corrected chi connectivity index (χ3v) is 2.77. The molecule has 0 spiro atoms. The standard InChI is InChI=1S/C13H20F3N3/c1-9(2)5-4-6-10(3)17-12-8-7-11(18-19-12)13(14,15)16/h7-10H,4-6H2,1-3H3,(H,17,19). The number of rotatable bonds is 6. The minimum atomic E-state index is -4.44. The van der Waals surface area contributed by atoms with Gasteiger partial charge in [0.2, 0.25) is 0 Å². The van der Waals surface area contributed by atoms with E-state index in [1.54, 1.807) is 0 Å². The van der Waals surface area contributed by atoms with Gasteiger partial charge in [-0.3, -0.25) is 0 Å². The van der Waals surface area contributed by atoms with Crippen LogP contribution in [0.1, 0.15) is 45.7 Å². The highest BCUT2D eigenvalue weighted by Gasteiger charge is 2.32. The first-order valence-corrected chi connectivity index (χ1v) is 6.46. The third kappa shape index (κ3) is 5.89. The Bertz CT molecular complexity index is 374. The summed E-state index contributed by atoms with van der Waals surface area (Å²) in [5.74, 6) is 1.04. The van der Waals surface area contributed by atoms with E-state index in [4.69, 9.17) is 0 Å². The Labute approximate surface area is 111 Å². The van der Waals surface area contributed by atoms with Gasteiger partial charge in [-0.2, -0.15) is 13.2 Å². The van der Waals surface area contributed by atoms with Crippen LogP contribution in [0.25, 0.3) is 0 Å². The molecule has 1 aromatic heterocycles. The second kappa shape index (κ2) is 6.73. The molecule has 1 unspecified atom stereocenters. The fourth-order valence-corrected chi connectivity index (χ4v) is 1.72. The summed E-state index contributed by atoms with van der Waals surface area (Å²) in [4.78, 5) is 0. The maximum absolute atomic E-state index is 12.3. The molecular weight excluding hydrogens is 255 g/mol. The molecule has 0 aliphatic rings. The molecule has 6 heteroatoms. The van der Waals surface area contributed by atoms with Gasteiger partial charge < -0.3 is 5.32 Å². The summed E-state index contributed by atoms with van der Waals surface area (Å²) < 4.78 is 36.9. The van der Waals surface area contributed by atoms with Gasteiger partial charge in [-0.15, -0.1) is 10.2 Å². The maximum atomic E-state index is 12.3. The third-order valence-electron chi connectivity index (χ3n) is 2.77. The second-order valence-corrected chi connectivity index (χ2v) is 5.17. The Hall–Kier alpha value is -1.33. The van der Waals surface area contributed by atoms with Crippen LogP contribution in [0.5, 0.6) is 0 Å². The summed E-state index contributed by atoms with van der Waals surface area (Å²) in [5, 5.41) is 9.77. The molecule has 0 aromatic carbocycles. The molecule has 1 rings (SSSR count). The topological polar surface area (TPSA) is 37.8 Å². The molecule has 0 amide bonds. The Morgan fingerprint density at radius 1 is 1.11 bits per heavy atom. The van der Waals surface area contributed by atoms with Gasteiger partial charge in [-0.25, -0.2) is 0 Å². The lowest BCUT2D eigenvalue weighted by Crippen LogP contribution is -2.17. The molecule has 0 saturated carbocycles. The first-order chi connectivity index (χ1) is 8.79. The average Bonchev–Trinajstić information content (AvgIpc) is 2.27. The Morgan fingerprint density at radius 2 is 1.79 bits per heavy atom. The van der Waals surface area contributed by atoms with Crippen molar-refractivity contribution in [3.8, 4) is 0 Å². The molecule has 108 valence electrons. The number of nitrogens with one attached hydrogen (secondary N) is 1. The van der Waals surface area contributed by atoms with Crippen molar-refractivity contribution < 1.29 is 13.2 Å². The van der Waals surface area contributed by atoms with Crippen LogP contribution in [0, 0.1) is 5.92 Å². The van der Waals surface area contributed by atoms with Crippen molar-refractivity contribution in [1.82, 2.24) is 10.2 Å². The van der Waals surface area contributed by atoms with Crippen molar-refractivity contribution in [3.05, 3.63) is 17.8 Å². The molecule has 0 saturated heterocycles. The minimum Gasteiger partial charge on any atom is -0.366 e. The van der Waals surface area contributed by atoms with Crippen LogP contribution in [-0.4, -0.2) is 16.2 Å². The summed E-state index contributed by atoms with van der Waals surface area (Å²) in [6.07, 6.45) is -1.25. The van der Waals surface area contributed by atoms with Crippen molar-refractivity contribution in [3.63, 3.8) is 0 Å². The molecule has 3 nitrogen and oxygen atoms in total. The lowest BCUT2D eigenvalue weighted by atomic mass is 10.0. The molecule has 19 heavy (non-hydrogen) atoms. The van der Waals surface area contributed by atoms with E-state index in [9.17, 15) is 13.2 Å². The summed E-state index contributed by atoms with van der Waals surface area (Å²) in [5.41, 5.74) is -0.967. The lowest BCUT2D eigenvalue weighted by molar-refractivity contribution is -0.141. The fraction of sp³-hybridized carbons (Fsp3) is 0.692. The normalized spacial score (nSPS) is 13.6. The van der Waals surface area contributed by atoms with Crippen LogP contribution in [0.3, 0.4) is 0 Å². The van der Waals surface area contributed by atoms with E-state index in [-0.39, 0.29) is 6.04 Å². The molecular formula is C13H20F3N3. The van der Waals surface area contributed by atoms with E-state index < -0.39 is 11.9 Å². The van der Waals surface area contributed by atoms with Crippen molar-refractivity contribution in [2.75, 3.05) is 5.32 Å². The van der Waals surface area contributed by atoms with E-state index in [1.165, 1.54) is 6.07 Å². The quantitative estimate of drug-likeness (QED) is 0.848. The highest BCUT2D eigenvalue weighted by molar-refractivity contribution is 5.34. The summed E-state index contributed by atoms with van der Waals surface area (Å²) in [6, 6.07) is 2.43. The number of hydrogen-bond donors (Lipinski definition) is 1. The Morgan fingerprint density at radius 3 is 2.26 bits per heavy atom. The second-order valence-electron chi connectivity index (χ2n) is 5.17. The van der Waals surface area contributed by atoms with Crippen molar-refractivity contribution in [2.24, 2.45) is 5.92 Å². The largest absolute Gasteiger partial charge is 0.435 e. The fourth-order valence-electron chi connectivity index (χ4n) is 1.72. The first-order valence-electron chi connectivity index (χ1n) is 6.46. The zero-order valence-corrected chi connectivity index (χ0v) is 11.5. The molecule has 1 aromatic rings.